The van der Waals surface area contributed by atoms with Crippen LogP contribution in [0.5, 0.6) is 0 Å². The Morgan fingerprint density at radius 1 is 1.02 bits per heavy atom. The fourth-order valence-electron chi connectivity index (χ4n) is 4.75. The smallest absolute Gasteiger partial charge is 0.264 e. The number of rotatable bonds is 11. The molecule has 2 aromatic carbocycles. The second-order valence-electron chi connectivity index (χ2n) is 9.54. The van der Waals surface area contributed by atoms with Gasteiger partial charge in [0.15, 0.2) is 29.0 Å². The maximum Gasteiger partial charge on any atom is 0.264 e. The predicted octanol–water partition coefficient (Wildman–Crippen LogP) is 1.81. The zero-order valence-electron chi connectivity index (χ0n) is 22.0. The summed E-state index contributed by atoms with van der Waals surface area (Å²) in [6, 6.07) is 20.0. The average Bonchev–Trinajstić information content (AvgIpc) is 3.49. The molecular formula is C27H31N5O7S. The highest BCUT2D eigenvalue weighted by atomic mass is 32.2. The molecule has 3 heterocycles. The third-order valence-electron chi connectivity index (χ3n) is 6.69. The molecule has 12 nitrogen and oxygen atoms in total. The van der Waals surface area contributed by atoms with E-state index in [2.05, 4.69) is 44.5 Å². The number of fused-ring (bicyclic) bond motifs is 1. The molecule has 4 aromatic rings. The van der Waals surface area contributed by atoms with Crippen molar-refractivity contribution in [3.05, 3.63) is 83.9 Å². The van der Waals surface area contributed by atoms with Gasteiger partial charge in [0.05, 0.1) is 19.2 Å². The van der Waals surface area contributed by atoms with E-state index in [9.17, 15) is 18.6 Å². The van der Waals surface area contributed by atoms with Gasteiger partial charge in [-0.05, 0) is 11.1 Å². The van der Waals surface area contributed by atoms with E-state index in [0.29, 0.717) is 17.9 Å². The minimum Gasteiger partial charge on any atom is -0.387 e. The summed E-state index contributed by atoms with van der Waals surface area (Å²) in [5.74, 6) is 0.406. The molecule has 0 aliphatic carbocycles. The van der Waals surface area contributed by atoms with Gasteiger partial charge >= 0.3 is 0 Å². The Morgan fingerprint density at radius 2 is 1.68 bits per heavy atom. The summed E-state index contributed by atoms with van der Waals surface area (Å²) in [7, 11) is -2.29. The van der Waals surface area contributed by atoms with Crippen molar-refractivity contribution in [3.63, 3.8) is 0 Å². The summed E-state index contributed by atoms with van der Waals surface area (Å²) in [6.45, 7) is 0.117. The Bertz CT molecular complexity index is 1500. The zero-order valence-corrected chi connectivity index (χ0v) is 22.8. The van der Waals surface area contributed by atoms with Gasteiger partial charge in [0.25, 0.3) is 10.1 Å². The van der Waals surface area contributed by atoms with E-state index in [1.54, 1.807) is 0 Å². The molecule has 0 amide bonds. The number of nitrogens with zero attached hydrogens (tertiary/aromatic N) is 4. The molecule has 3 N–H and O–H groups in total. The lowest BCUT2D eigenvalue weighted by Crippen LogP contribution is -2.33. The molecule has 2 aromatic heterocycles. The van der Waals surface area contributed by atoms with Crippen LogP contribution in [0.4, 0.5) is 5.82 Å². The third kappa shape index (κ3) is 6.14. The Kier molecular flexibility index (Phi) is 8.40. The predicted molar refractivity (Wildman–Crippen MR) is 146 cm³/mol. The standard InChI is InChI=1S/C27H31N5O7S/c1-37-14-20-23(33)24(34)27(39-20)32-16-29-22-25(30-21(31-26(22)32)15-38-40(2,35)36)28-13-19(17-9-5-3-6-10-17)18-11-7-4-8-12-18/h3-12,16,19-20,23-24,27,33-34H,13-15H2,1-2H3,(H,28,30,31)/t20-,23-,24+,27-/m1/s1. The highest BCUT2D eigenvalue weighted by molar-refractivity contribution is 7.85. The molecule has 40 heavy (non-hydrogen) atoms. The van der Waals surface area contributed by atoms with Gasteiger partial charge in [0.1, 0.15) is 24.9 Å². The van der Waals surface area contributed by atoms with Crippen molar-refractivity contribution in [2.45, 2.75) is 37.1 Å². The second-order valence-corrected chi connectivity index (χ2v) is 11.2. The lowest BCUT2D eigenvalue weighted by Gasteiger charge is -2.20. The number of imidazole rings is 1. The van der Waals surface area contributed by atoms with E-state index in [-0.39, 0.29) is 24.0 Å². The summed E-state index contributed by atoms with van der Waals surface area (Å²) in [5.41, 5.74) is 2.84. The molecule has 1 fully saturated rings. The van der Waals surface area contributed by atoms with Crippen molar-refractivity contribution in [2.75, 3.05) is 31.8 Å². The molecule has 0 saturated carbocycles. The molecule has 4 atom stereocenters. The molecule has 1 aliphatic rings. The number of hydrogen-bond donors (Lipinski definition) is 3. The highest BCUT2D eigenvalue weighted by Crippen LogP contribution is 2.33. The summed E-state index contributed by atoms with van der Waals surface area (Å²) in [5, 5.41) is 24.5. The molecule has 0 radical (unpaired) electrons. The number of ether oxygens (including phenoxy) is 2. The molecule has 1 aliphatic heterocycles. The van der Waals surface area contributed by atoms with E-state index < -0.39 is 41.3 Å². The normalized spacial score (nSPS) is 21.3. The number of hydrogen-bond acceptors (Lipinski definition) is 11. The van der Waals surface area contributed by atoms with Crippen molar-refractivity contribution >= 4 is 27.1 Å². The minimum atomic E-state index is -3.76. The van der Waals surface area contributed by atoms with Gasteiger partial charge in [-0.25, -0.2) is 15.0 Å². The Labute approximate surface area is 231 Å². The van der Waals surface area contributed by atoms with Crippen molar-refractivity contribution in [1.29, 1.82) is 0 Å². The number of benzene rings is 2. The van der Waals surface area contributed by atoms with Gasteiger partial charge in [-0.3, -0.25) is 8.75 Å². The van der Waals surface area contributed by atoms with Gasteiger partial charge in [0.2, 0.25) is 0 Å². The van der Waals surface area contributed by atoms with Gasteiger partial charge in [-0.1, -0.05) is 60.7 Å². The number of methoxy groups -OCH3 is 1. The number of aliphatic hydroxyl groups is 2. The summed E-state index contributed by atoms with van der Waals surface area (Å²) < 4.78 is 40.8. The van der Waals surface area contributed by atoms with Crippen LogP contribution in [-0.2, 0) is 30.4 Å². The molecular weight excluding hydrogens is 538 g/mol. The minimum absolute atomic E-state index is 0.0323. The lowest BCUT2D eigenvalue weighted by atomic mass is 9.91. The number of anilines is 1. The van der Waals surface area contributed by atoms with Gasteiger partial charge in [-0.15, -0.1) is 0 Å². The number of aromatic nitrogens is 4. The van der Waals surface area contributed by atoms with Crippen LogP contribution in [0.1, 0.15) is 29.1 Å². The Morgan fingerprint density at radius 3 is 2.27 bits per heavy atom. The first-order chi connectivity index (χ1) is 19.2. The van der Waals surface area contributed by atoms with Crippen LogP contribution >= 0.6 is 0 Å². The Hall–Kier alpha value is -3.46. The molecule has 0 bridgehead atoms. The third-order valence-corrected chi connectivity index (χ3v) is 7.24. The fourth-order valence-corrected chi connectivity index (χ4v) is 5.07. The van der Waals surface area contributed by atoms with Gasteiger partial charge in [0, 0.05) is 19.6 Å². The number of nitrogens with one attached hydrogen (secondary N) is 1. The fraction of sp³-hybridized carbons (Fsp3) is 0.370. The summed E-state index contributed by atoms with van der Waals surface area (Å²) in [6.07, 6.45) is -1.85. The largest absolute Gasteiger partial charge is 0.387 e. The van der Waals surface area contributed by atoms with E-state index in [4.69, 9.17) is 13.7 Å². The SMILES string of the molecule is COC[C@H]1O[C@@H](n2cnc3c(NCC(c4ccccc4)c4ccccc4)nc(COS(C)(=O)=O)nc32)[C@@H](O)[C@@H]1O. The van der Waals surface area contributed by atoms with Crippen molar-refractivity contribution < 1.29 is 32.3 Å². The quantitative estimate of drug-likeness (QED) is 0.226. The van der Waals surface area contributed by atoms with Crippen LogP contribution in [0.2, 0.25) is 0 Å². The summed E-state index contributed by atoms with van der Waals surface area (Å²) in [4.78, 5) is 13.5. The highest BCUT2D eigenvalue weighted by Gasteiger charge is 2.44. The monoisotopic (exact) mass is 569 g/mol. The van der Waals surface area contributed by atoms with E-state index in [0.717, 1.165) is 17.4 Å². The van der Waals surface area contributed by atoms with E-state index >= 15 is 0 Å². The van der Waals surface area contributed by atoms with Gasteiger partial charge in [-0.2, -0.15) is 8.42 Å². The molecule has 5 rings (SSSR count). The van der Waals surface area contributed by atoms with Crippen LogP contribution < -0.4 is 5.32 Å². The Balaban J connectivity index is 1.51. The first kappa shape index (κ1) is 28.1. The lowest BCUT2D eigenvalue weighted by molar-refractivity contribution is -0.0580. The van der Waals surface area contributed by atoms with Crippen LogP contribution in [0, 0.1) is 0 Å². The second kappa shape index (κ2) is 12.0. The maximum absolute atomic E-state index is 11.7. The van der Waals surface area contributed by atoms with Crippen molar-refractivity contribution in [1.82, 2.24) is 19.5 Å². The zero-order chi connectivity index (χ0) is 28.3. The van der Waals surface area contributed by atoms with Crippen LogP contribution in [0.15, 0.2) is 67.0 Å². The topological polar surface area (TPSA) is 158 Å². The average molecular weight is 570 g/mol. The first-order valence-corrected chi connectivity index (χ1v) is 14.5. The van der Waals surface area contributed by atoms with Gasteiger partial charge < -0.3 is 25.0 Å². The number of aliphatic hydroxyl groups excluding tert-OH is 2. The molecule has 13 heteroatoms. The van der Waals surface area contributed by atoms with E-state index in [1.807, 2.05) is 36.4 Å². The molecule has 1 saturated heterocycles. The molecule has 212 valence electrons. The first-order valence-electron chi connectivity index (χ1n) is 12.7. The van der Waals surface area contributed by atoms with Crippen LogP contribution in [-0.4, -0.2) is 83.0 Å². The molecule has 0 unspecified atom stereocenters. The van der Waals surface area contributed by atoms with Crippen LogP contribution in [0.25, 0.3) is 11.2 Å². The molecule has 0 spiro atoms. The van der Waals surface area contributed by atoms with Crippen LogP contribution in [0.3, 0.4) is 0 Å². The van der Waals surface area contributed by atoms with E-state index in [1.165, 1.54) is 18.0 Å². The maximum atomic E-state index is 11.7. The van der Waals surface area contributed by atoms with Crippen molar-refractivity contribution in [3.8, 4) is 0 Å². The summed E-state index contributed by atoms with van der Waals surface area (Å²) >= 11 is 0. The van der Waals surface area contributed by atoms with Crippen molar-refractivity contribution in [2.24, 2.45) is 0 Å².